The van der Waals surface area contributed by atoms with Gasteiger partial charge in [0.25, 0.3) is 5.91 Å². The van der Waals surface area contributed by atoms with Crippen molar-refractivity contribution < 1.29 is 14.3 Å². The lowest BCUT2D eigenvalue weighted by molar-refractivity contribution is -0.136. The molecule has 5 nitrogen and oxygen atoms in total. The van der Waals surface area contributed by atoms with Gasteiger partial charge in [-0.1, -0.05) is 29.8 Å². The fourth-order valence-electron chi connectivity index (χ4n) is 2.66. The third kappa shape index (κ3) is 4.12. The third-order valence-electron chi connectivity index (χ3n) is 4.07. The summed E-state index contributed by atoms with van der Waals surface area (Å²) in [5, 5.41) is 3.45. The van der Waals surface area contributed by atoms with Crippen LogP contribution in [0, 0.1) is 6.92 Å². The molecule has 2 amide bonds. The Labute approximate surface area is 151 Å². The van der Waals surface area contributed by atoms with Gasteiger partial charge in [0.05, 0.1) is 12.1 Å². The number of benzene rings is 2. The van der Waals surface area contributed by atoms with E-state index < -0.39 is 6.10 Å². The maximum Gasteiger partial charge on any atom is 0.266 e. The highest BCUT2D eigenvalue weighted by atomic mass is 35.5. The molecule has 1 unspecified atom stereocenters. The summed E-state index contributed by atoms with van der Waals surface area (Å²) in [6.45, 7) is 2.38. The molecule has 2 aromatic rings. The summed E-state index contributed by atoms with van der Waals surface area (Å²) in [7, 11) is 1.70. The number of rotatable bonds is 4. The Morgan fingerprint density at radius 3 is 2.68 bits per heavy atom. The molecule has 0 aliphatic carbocycles. The standard InChI is InChI=1S/C19H19ClN2O3/c1-12-3-8-16-15(9-12)21-19(24)17(25-16)10-18(23)22(2)11-13-4-6-14(20)7-5-13/h3-9,17H,10-11H2,1-2H3,(H,21,24). The lowest BCUT2D eigenvalue weighted by atomic mass is 10.1. The highest BCUT2D eigenvalue weighted by molar-refractivity contribution is 6.30. The van der Waals surface area contributed by atoms with E-state index in [1.807, 2.05) is 31.2 Å². The van der Waals surface area contributed by atoms with Crippen molar-refractivity contribution in [1.82, 2.24) is 4.90 Å². The van der Waals surface area contributed by atoms with Crippen LogP contribution in [0.2, 0.25) is 5.02 Å². The predicted molar refractivity (Wildman–Crippen MR) is 96.8 cm³/mol. The molecule has 0 aromatic heterocycles. The van der Waals surface area contributed by atoms with E-state index >= 15 is 0 Å². The maximum atomic E-state index is 12.4. The van der Waals surface area contributed by atoms with Gasteiger partial charge in [0, 0.05) is 18.6 Å². The zero-order chi connectivity index (χ0) is 18.0. The minimum atomic E-state index is -0.824. The topological polar surface area (TPSA) is 58.6 Å². The smallest absolute Gasteiger partial charge is 0.266 e. The van der Waals surface area contributed by atoms with Gasteiger partial charge in [0.1, 0.15) is 5.75 Å². The van der Waals surface area contributed by atoms with Gasteiger partial charge in [0.2, 0.25) is 5.91 Å². The Bertz CT molecular complexity index is 805. The molecule has 6 heteroatoms. The van der Waals surface area contributed by atoms with Crippen molar-refractivity contribution in [1.29, 1.82) is 0 Å². The normalized spacial score (nSPS) is 15.8. The van der Waals surface area contributed by atoms with Crippen molar-refractivity contribution in [3.8, 4) is 5.75 Å². The Morgan fingerprint density at radius 2 is 1.96 bits per heavy atom. The van der Waals surface area contributed by atoms with Crippen LogP contribution in [0.1, 0.15) is 17.5 Å². The summed E-state index contributed by atoms with van der Waals surface area (Å²) in [5.41, 5.74) is 2.64. The summed E-state index contributed by atoms with van der Waals surface area (Å²) >= 11 is 5.87. The van der Waals surface area contributed by atoms with Crippen LogP contribution in [0.4, 0.5) is 5.69 Å². The molecule has 25 heavy (non-hydrogen) atoms. The number of fused-ring (bicyclic) bond motifs is 1. The number of aryl methyl sites for hydroxylation is 1. The number of ether oxygens (including phenoxy) is 1. The number of nitrogens with one attached hydrogen (secondary N) is 1. The number of anilines is 1. The van der Waals surface area contributed by atoms with Gasteiger partial charge in [-0.3, -0.25) is 9.59 Å². The molecule has 1 N–H and O–H groups in total. The fraction of sp³-hybridized carbons (Fsp3) is 0.263. The van der Waals surface area contributed by atoms with Crippen molar-refractivity contribution in [2.75, 3.05) is 12.4 Å². The monoisotopic (exact) mass is 358 g/mol. The van der Waals surface area contributed by atoms with E-state index in [9.17, 15) is 9.59 Å². The Kier molecular flexibility index (Phi) is 4.95. The Balaban J connectivity index is 1.63. The average molecular weight is 359 g/mol. The van der Waals surface area contributed by atoms with Crippen molar-refractivity contribution in [3.63, 3.8) is 0 Å². The van der Waals surface area contributed by atoms with E-state index in [0.29, 0.717) is 23.0 Å². The zero-order valence-electron chi connectivity index (χ0n) is 14.1. The molecular formula is C19H19ClN2O3. The van der Waals surface area contributed by atoms with E-state index in [4.69, 9.17) is 16.3 Å². The first kappa shape index (κ1) is 17.3. The molecular weight excluding hydrogens is 340 g/mol. The number of amides is 2. The number of carbonyl (C=O) groups is 2. The van der Waals surface area contributed by atoms with Crippen LogP contribution in [-0.4, -0.2) is 29.9 Å². The molecule has 1 aliphatic rings. The van der Waals surface area contributed by atoms with Gasteiger partial charge < -0.3 is 15.0 Å². The highest BCUT2D eigenvalue weighted by Crippen LogP contribution is 2.31. The van der Waals surface area contributed by atoms with Gasteiger partial charge >= 0.3 is 0 Å². The largest absolute Gasteiger partial charge is 0.478 e. The molecule has 1 heterocycles. The van der Waals surface area contributed by atoms with E-state index in [2.05, 4.69) is 5.32 Å². The number of nitrogens with zero attached hydrogens (tertiary/aromatic N) is 1. The quantitative estimate of drug-likeness (QED) is 0.911. The van der Waals surface area contributed by atoms with Crippen molar-refractivity contribution in [2.24, 2.45) is 0 Å². The molecule has 2 aromatic carbocycles. The minimum Gasteiger partial charge on any atom is -0.478 e. The van der Waals surface area contributed by atoms with Gasteiger partial charge in [-0.15, -0.1) is 0 Å². The molecule has 0 saturated heterocycles. The second-order valence-corrected chi connectivity index (χ2v) is 6.61. The van der Waals surface area contributed by atoms with E-state index in [1.165, 1.54) is 0 Å². The van der Waals surface area contributed by atoms with E-state index in [1.54, 1.807) is 30.1 Å². The lowest BCUT2D eigenvalue weighted by Crippen LogP contribution is -2.41. The summed E-state index contributed by atoms with van der Waals surface area (Å²) in [4.78, 5) is 26.2. The van der Waals surface area contributed by atoms with Crippen LogP contribution in [0.25, 0.3) is 0 Å². The molecule has 3 rings (SSSR count). The van der Waals surface area contributed by atoms with E-state index in [-0.39, 0.29) is 18.2 Å². The SMILES string of the molecule is Cc1ccc2c(c1)NC(=O)C(CC(=O)N(C)Cc1ccc(Cl)cc1)O2. The van der Waals surface area contributed by atoms with Crippen LogP contribution in [-0.2, 0) is 16.1 Å². The van der Waals surface area contributed by atoms with Gasteiger partial charge in [-0.05, 0) is 42.3 Å². The maximum absolute atomic E-state index is 12.4. The molecule has 0 saturated carbocycles. The molecule has 0 radical (unpaired) electrons. The van der Waals surface area contributed by atoms with Crippen LogP contribution in [0.15, 0.2) is 42.5 Å². The van der Waals surface area contributed by atoms with Crippen molar-refractivity contribution in [3.05, 3.63) is 58.6 Å². The van der Waals surface area contributed by atoms with E-state index in [0.717, 1.165) is 11.1 Å². The van der Waals surface area contributed by atoms with Gasteiger partial charge in [0.15, 0.2) is 6.10 Å². The third-order valence-corrected chi connectivity index (χ3v) is 4.33. The summed E-state index contributed by atoms with van der Waals surface area (Å²) in [6.07, 6.45) is -0.834. The molecule has 1 atom stereocenters. The van der Waals surface area contributed by atoms with Gasteiger partial charge in [-0.2, -0.15) is 0 Å². The number of halogens is 1. The first-order valence-corrected chi connectivity index (χ1v) is 8.37. The lowest BCUT2D eigenvalue weighted by Gasteiger charge is -2.27. The summed E-state index contributed by atoms with van der Waals surface area (Å²) in [6, 6.07) is 12.9. The van der Waals surface area contributed by atoms with Crippen LogP contribution < -0.4 is 10.1 Å². The zero-order valence-corrected chi connectivity index (χ0v) is 14.8. The second kappa shape index (κ2) is 7.15. The predicted octanol–water partition coefficient (Wildman–Crippen LogP) is 3.40. The summed E-state index contributed by atoms with van der Waals surface area (Å²) < 4.78 is 5.71. The Morgan fingerprint density at radius 1 is 1.24 bits per heavy atom. The second-order valence-electron chi connectivity index (χ2n) is 6.18. The minimum absolute atomic E-state index is 0.0107. The van der Waals surface area contributed by atoms with Gasteiger partial charge in [-0.25, -0.2) is 0 Å². The van der Waals surface area contributed by atoms with Crippen LogP contribution >= 0.6 is 11.6 Å². The molecule has 0 fully saturated rings. The number of hydrogen-bond donors (Lipinski definition) is 1. The molecule has 130 valence electrons. The first-order valence-electron chi connectivity index (χ1n) is 7.99. The van der Waals surface area contributed by atoms with Crippen molar-refractivity contribution in [2.45, 2.75) is 26.0 Å². The van der Waals surface area contributed by atoms with Crippen molar-refractivity contribution >= 4 is 29.1 Å². The highest BCUT2D eigenvalue weighted by Gasteiger charge is 2.30. The molecule has 1 aliphatic heterocycles. The number of carbonyl (C=O) groups excluding carboxylic acids is 2. The summed E-state index contributed by atoms with van der Waals surface area (Å²) in [5.74, 6) is 0.125. The molecule has 0 spiro atoms. The van der Waals surface area contributed by atoms with Crippen LogP contribution in [0.5, 0.6) is 5.75 Å². The first-order chi connectivity index (χ1) is 11.9. The number of hydrogen-bond acceptors (Lipinski definition) is 3. The molecule has 0 bridgehead atoms. The fourth-order valence-corrected chi connectivity index (χ4v) is 2.79. The Hall–Kier alpha value is -2.53. The van der Waals surface area contributed by atoms with Crippen LogP contribution in [0.3, 0.4) is 0 Å². The average Bonchev–Trinajstić information content (AvgIpc) is 2.57.